The van der Waals surface area contributed by atoms with Gasteiger partial charge in [-0.1, -0.05) is 43.6 Å². The monoisotopic (exact) mass is 660 g/mol. The summed E-state index contributed by atoms with van der Waals surface area (Å²) in [7, 11) is -1.78. The summed E-state index contributed by atoms with van der Waals surface area (Å²) >= 11 is 6.26. The highest BCUT2D eigenvalue weighted by molar-refractivity contribution is 7.92. The predicted octanol–water partition coefficient (Wildman–Crippen LogP) is 4.96. The van der Waals surface area contributed by atoms with E-state index in [2.05, 4.69) is 5.32 Å². The summed E-state index contributed by atoms with van der Waals surface area (Å²) in [6.45, 7) is 6.47. The van der Waals surface area contributed by atoms with E-state index in [0.717, 1.165) is 10.4 Å². The van der Waals surface area contributed by atoms with Gasteiger partial charge in [-0.3, -0.25) is 24.0 Å². The molecule has 0 aliphatic carbocycles. The van der Waals surface area contributed by atoms with Gasteiger partial charge in [0.05, 0.1) is 29.7 Å². The fourth-order valence-corrected chi connectivity index (χ4v) is 6.01. The number of hydrogen-bond donors (Lipinski definition) is 1. The number of halogens is 1. The molecule has 1 unspecified atom stereocenters. The Labute approximate surface area is 268 Å². The molecule has 3 aromatic rings. The second-order valence-electron chi connectivity index (χ2n) is 10.7. The third-order valence-electron chi connectivity index (χ3n) is 7.02. The standard InChI is InChI=1S/C31H37ClN4O8S/c1-20(2)17-33-31(38)22(4)34(18-23-8-11-25(43-5)12-9-23)30(37)19-35(28-15-24(32)10-14-29(28)44-6)45(41,42)26-13-7-21(3)27(16-26)36(39)40/h7-16,20,22H,17-19H2,1-6H3,(H,33,38). The lowest BCUT2D eigenvalue weighted by molar-refractivity contribution is -0.385. The number of ether oxygens (including phenoxy) is 2. The van der Waals surface area contributed by atoms with E-state index in [1.54, 1.807) is 31.2 Å². The van der Waals surface area contributed by atoms with Gasteiger partial charge in [0.15, 0.2) is 0 Å². The fourth-order valence-electron chi connectivity index (χ4n) is 4.41. The molecule has 14 heteroatoms. The molecule has 0 heterocycles. The molecule has 3 rings (SSSR count). The number of methoxy groups -OCH3 is 2. The van der Waals surface area contributed by atoms with Crippen molar-refractivity contribution in [3.8, 4) is 11.5 Å². The van der Waals surface area contributed by atoms with Gasteiger partial charge < -0.3 is 19.7 Å². The molecule has 0 saturated carbocycles. The van der Waals surface area contributed by atoms with Crippen molar-refractivity contribution in [2.75, 3.05) is 31.6 Å². The summed E-state index contributed by atoms with van der Waals surface area (Å²) in [5.74, 6) is -0.306. The molecule has 0 radical (unpaired) electrons. The van der Waals surface area contributed by atoms with Crippen LogP contribution in [-0.4, -0.2) is 63.4 Å². The molecule has 1 N–H and O–H groups in total. The number of benzene rings is 3. The molecular weight excluding hydrogens is 624 g/mol. The molecule has 12 nitrogen and oxygen atoms in total. The van der Waals surface area contributed by atoms with Crippen LogP contribution in [0.15, 0.2) is 65.6 Å². The molecule has 2 amide bonds. The van der Waals surface area contributed by atoms with Crippen LogP contribution in [-0.2, 0) is 26.2 Å². The SMILES string of the molecule is COc1ccc(CN(C(=O)CN(c2cc(Cl)ccc2OC)S(=O)(=O)c2ccc(C)c([N+](=O)[O-])c2)C(C)C(=O)NCC(C)C)cc1. The van der Waals surface area contributed by atoms with Gasteiger partial charge in [-0.25, -0.2) is 8.42 Å². The number of amides is 2. The molecule has 0 saturated heterocycles. The lowest BCUT2D eigenvalue weighted by atomic mass is 10.1. The molecule has 0 aromatic heterocycles. The van der Waals surface area contributed by atoms with Crippen molar-refractivity contribution in [3.63, 3.8) is 0 Å². The topological polar surface area (TPSA) is 148 Å². The zero-order chi connectivity index (χ0) is 33.5. The summed E-state index contributed by atoms with van der Waals surface area (Å²) in [5, 5.41) is 14.6. The normalized spacial score (nSPS) is 11.9. The highest BCUT2D eigenvalue weighted by Gasteiger charge is 2.35. The Kier molecular flexibility index (Phi) is 11.8. The first-order chi connectivity index (χ1) is 21.2. The number of nitrogens with zero attached hydrogens (tertiary/aromatic N) is 3. The molecule has 0 aliphatic heterocycles. The average Bonchev–Trinajstić information content (AvgIpc) is 3.00. The van der Waals surface area contributed by atoms with Gasteiger partial charge in [-0.2, -0.15) is 0 Å². The smallest absolute Gasteiger partial charge is 0.273 e. The van der Waals surface area contributed by atoms with Crippen LogP contribution in [0.2, 0.25) is 5.02 Å². The van der Waals surface area contributed by atoms with Gasteiger partial charge in [0.1, 0.15) is 24.1 Å². The molecule has 0 bridgehead atoms. The van der Waals surface area contributed by atoms with Gasteiger partial charge in [0, 0.05) is 29.7 Å². The summed E-state index contributed by atoms with van der Waals surface area (Å²) in [6.07, 6.45) is 0. The number of carbonyl (C=O) groups is 2. The maximum atomic E-state index is 14.2. The highest BCUT2D eigenvalue weighted by Crippen LogP contribution is 2.36. The quantitative estimate of drug-likeness (QED) is 0.188. The van der Waals surface area contributed by atoms with Crippen LogP contribution < -0.4 is 19.1 Å². The van der Waals surface area contributed by atoms with Crippen LogP contribution in [0.3, 0.4) is 0 Å². The van der Waals surface area contributed by atoms with Crippen LogP contribution in [0.5, 0.6) is 11.5 Å². The van der Waals surface area contributed by atoms with Gasteiger partial charge in [-0.15, -0.1) is 0 Å². The third kappa shape index (κ3) is 8.64. The van der Waals surface area contributed by atoms with E-state index >= 15 is 0 Å². The fraction of sp³-hybridized carbons (Fsp3) is 0.355. The number of hydrogen-bond acceptors (Lipinski definition) is 8. The summed E-state index contributed by atoms with van der Waals surface area (Å²) in [4.78, 5) is 39.2. The number of nitro benzene ring substituents is 1. The average molecular weight is 661 g/mol. The number of sulfonamides is 1. The van der Waals surface area contributed by atoms with E-state index in [1.165, 1.54) is 56.4 Å². The molecule has 1 atom stereocenters. The maximum absolute atomic E-state index is 14.2. The zero-order valence-electron chi connectivity index (χ0n) is 25.9. The van der Waals surface area contributed by atoms with Crippen LogP contribution in [0, 0.1) is 23.0 Å². The van der Waals surface area contributed by atoms with Crippen molar-refractivity contribution < 1.29 is 32.4 Å². The minimum atomic E-state index is -4.63. The first kappa shape index (κ1) is 35.1. The van der Waals surface area contributed by atoms with E-state index in [0.29, 0.717) is 17.9 Å². The lowest BCUT2D eigenvalue weighted by Crippen LogP contribution is -2.51. The van der Waals surface area contributed by atoms with Crippen LogP contribution in [0.1, 0.15) is 31.9 Å². The van der Waals surface area contributed by atoms with E-state index in [9.17, 15) is 28.1 Å². The largest absolute Gasteiger partial charge is 0.497 e. The highest BCUT2D eigenvalue weighted by atomic mass is 35.5. The second-order valence-corrected chi connectivity index (χ2v) is 13.0. The third-order valence-corrected chi connectivity index (χ3v) is 9.01. The Balaban J connectivity index is 2.14. The molecule has 242 valence electrons. The molecular formula is C31H37ClN4O8S. The first-order valence-corrected chi connectivity index (χ1v) is 15.8. The van der Waals surface area contributed by atoms with Crippen molar-refractivity contribution in [2.45, 2.75) is 45.2 Å². The molecule has 0 spiro atoms. The Morgan fingerprint density at radius 2 is 1.67 bits per heavy atom. The van der Waals surface area contributed by atoms with Crippen molar-refractivity contribution in [3.05, 3.63) is 86.9 Å². The number of nitrogens with one attached hydrogen (secondary N) is 1. The van der Waals surface area contributed by atoms with Gasteiger partial charge in [-0.05, 0) is 61.7 Å². The molecule has 0 fully saturated rings. The van der Waals surface area contributed by atoms with Crippen molar-refractivity contribution in [2.24, 2.45) is 5.92 Å². The number of anilines is 1. The number of nitro groups is 1. The summed E-state index contributed by atoms with van der Waals surface area (Å²) in [5.41, 5.74) is 0.449. The van der Waals surface area contributed by atoms with Gasteiger partial charge in [0.25, 0.3) is 15.7 Å². The lowest BCUT2D eigenvalue weighted by Gasteiger charge is -2.32. The van der Waals surface area contributed by atoms with E-state index in [-0.39, 0.29) is 34.5 Å². The second kappa shape index (κ2) is 15.1. The number of aryl methyl sites for hydroxylation is 1. The summed E-state index contributed by atoms with van der Waals surface area (Å²) in [6, 6.07) is 13.6. The Morgan fingerprint density at radius 1 is 1.00 bits per heavy atom. The molecule has 0 aliphatic rings. The van der Waals surface area contributed by atoms with E-state index in [1.807, 2.05) is 13.8 Å². The van der Waals surface area contributed by atoms with Gasteiger partial charge >= 0.3 is 0 Å². The van der Waals surface area contributed by atoms with E-state index in [4.69, 9.17) is 21.1 Å². The first-order valence-electron chi connectivity index (χ1n) is 14.0. The maximum Gasteiger partial charge on any atom is 0.273 e. The Hall–Kier alpha value is -4.36. The van der Waals surface area contributed by atoms with Gasteiger partial charge in [0.2, 0.25) is 11.8 Å². The van der Waals surface area contributed by atoms with Crippen molar-refractivity contribution in [1.29, 1.82) is 0 Å². The van der Waals surface area contributed by atoms with Crippen LogP contribution in [0.4, 0.5) is 11.4 Å². The number of carbonyl (C=O) groups excluding carboxylic acids is 2. The Morgan fingerprint density at radius 3 is 2.24 bits per heavy atom. The van der Waals surface area contributed by atoms with Crippen molar-refractivity contribution in [1.82, 2.24) is 10.2 Å². The van der Waals surface area contributed by atoms with Crippen LogP contribution >= 0.6 is 11.6 Å². The van der Waals surface area contributed by atoms with Crippen LogP contribution in [0.25, 0.3) is 0 Å². The minimum absolute atomic E-state index is 0.0321. The van der Waals surface area contributed by atoms with Crippen molar-refractivity contribution >= 4 is 44.8 Å². The summed E-state index contributed by atoms with van der Waals surface area (Å²) < 4.78 is 39.8. The predicted molar refractivity (Wildman–Crippen MR) is 171 cm³/mol. The Bertz CT molecular complexity index is 1650. The minimum Gasteiger partial charge on any atom is -0.497 e. The zero-order valence-corrected chi connectivity index (χ0v) is 27.5. The van der Waals surface area contributed by atoms with E-state index < -0.39 is 49.9 Å². The molecule has 3 aromatic carbocycles. The number of rotatable bonds is 14. The molecule has 45 heavy (non-hydrogen) atoms.